The molecule has 1 aromatic rings. The van der Waals surface area contributed by atoms with Crippen LogP contribution in [-0.4, -0.2) is 23.2 Å². The summed E-state index contributed by atoms with van der Waals surface area (Å²) in [5, 5.41) is 12.7. The molecule has 1 saturated carbocycles. The fourth-order valence-electron chi connectivity index (χ4n) is 2.26. The van der Waals surface area contributed by atoms with Gasteiger partial charge in [0.1, 0.15) is 0 Å². The summed E-state index contributed by atoms with van der Waals surface area (Å²) in [4.78, 5) is 12.1. The zero-order valence-electron chi connectivity index (χ0n) is 10.0. The van der Waals surface area contributed by atoms with Crippen LogP contribution in [0, 0.1) is 0 Å². The van der Waals surface area contributed by atoms with Gasteiger partial charge in [0.2, 0.25) is 0 Å². The summed E-state index contributed by atoms with van der Waals surface area (Å²) < 4.78 is 0. The van der Waals surface area contributed by atoms with E-state index >= 15 is 0 Å². The van der Waals surface area contributed by atoms with Gasteiger partial charge in [-0.1, -0.05) is 17.7 Å². The quantitative estimate of drug-likeness (QED) is 0.718. The van der Waals surface area contributed by atoms with Crippen LogP contribution in [0.3, 0.4) is 0 Å². The molecule has 18 heavy (non-hydrogen) atoms. The molecule has 0 bridgehead atoms. The lowest BCUT2D eigenvalue weighted by molar-refractivity contribution is 0.0868. The van der Waals surface area contributed by atoms with Crippen LogP contribution in [-0.2, 0) is 0 Å². The molecule has 0 atom stereocenters. The molecule has 1 aliphatic carbocycles. The van der Waals surface area contributed by atoms with Crippen LogP contribution in [0.4, 0.5) is 5.69 Å². The Labute approximate surface area is 111 Å². The molecule has 1 fully saturated rings. The molecule has 0 heterocycles. The third-order valence-corrected chi connectivity index (χ3v) is 3.62. The SMILES string of the molecule is Nc1cccc(Cl)c1C(=O)NC1CCC(O)CC1. The fraction of sp³-hybridized carbons (Fsp3) is 0.462. The number of amides is 1. The second-order valence-electron chi connectivity index (χ2n) is 4.68. The van der Waals surface area contributed by atoms with E-state index in [4.69, 9.17) is 17.3 Å². The number of nitrogen functional groups attached to an aromatic ring is 1. The van der Waals surface area contributed by atoms with Crippen LogP contribution in [0.5, 0.6) is 0 Å². The predicted octanol–water partition coefficient (Wildman–Crippen LogP) is 1.96. The lowest BCUT2D eigenvalue weighted by atomic mass is 9.93. The Morgan fingerprint density at radius 1 is 1.33 bits per heavy atom. The maximum atomic E-state index is 12.1. The van der Waals surface area contributed by atoms with Gasteiger partial charge in [-0.05, 0) is 37.8 Å². The van der Waals surface area contributed by atoms with Gasteiger partial charge in [0.05, 0.1) is 16.7 Å². The third-order valence-electron chi connectivity index (χ3n) is 3.30. The van der Waals surface area contributed by atoms with Crippen LogP contribution in [0.25, 0.3) is 0 Å². The molecule has 1 aliphatic rings. The highest BCUT2D eigenvalue weighted by Gasteiger charge is 2.22. The van der Waals surface area contributed by atoms with E-state index in [-0.39, 0.29) is 18.1 Å². The molecule has 0 unspecified atom stereocenters. The van der Waals surface area contributed by atoms with Crippen molar-refractivity contribution in [2.24, 2.45) is 0 Å². The average molecular weight is 269 g/mol. The number of rotatable bonds is 2. The van der Waals surface area contributed by atoms with Crippen LogP contribution < -0.4 is 11.1 Å². The maximum Gasteiger partial charge on any atom is 0.255 e. The minimum atomic E-state index is -0.237. The summed E-state index contributed by atoms with van der Waals surface area (Å²) in [6.07, 6.45) is 2.80. The molecule has 0 aliphatic heterocycles. The van der Waals surface area contributed by atoms with Gasteiger partial charge >= 0.3 is 0 Å². The molecule has 0 spiro atoms. The lowest BCUT2D eigenvalue weighted by Crippen LogP contribution is -2.38. The van der Waals surface area contributed by atoms with Crippen LogP contribution in [0.2, 0.25) is 5.02 Å². The van der Waals surface area contributed by atoms with Gasteiger partial charge in [-0.25, -0.2) is 0 Å². The first-order valence-electron chi connectivity index (χ1n) is 6.11. The van der Waals surface area contributed by atoms with Crippen LogP contribution in [0.1, 0.15) is 36.0 Å². The van der Waals surface area contributed by atoms with E-state index < -0.39 is 0 Å². The summed E-state index contributed by atoms with van der Waals surface area (Å²) in [6.45, 7) is 0. The Morgan fingerprint density at radius 2 is 2.00 bits per heavy atom. The molecule has 2 rings (SSSR count). The number of nitrogens with two attached hydrogens (primary N) is 1. The lowest BCUT2D eigenvalue weighted by Gasteiger charge is -2.26. The standard InChI is InChI=1S/C13H17ClN2O2/c14-10-2-1-3-11(15)12(10)13(18)16-8-4-6-9(17)7-5-8/h1-3,8-9,17H,4-7,15H2,(H,16,18). The number of benzene rings is 1. The zero-order valence-corrected chi connectivity index (χ0v) is 10.8. The molecule has 5 heteroatoms. The highest BCUT2D eigenvalue weighted by molar-refractivity contribution is 6.34. The number of carbonyl (C=O) groups is 1. The van der Waals surface area contributed by atoms with Crippen molar-refractivity contribution in [1.82, 2.24) is 5.32 Å². The molecule has 1 aromatic carbocycles. The van der Waals surface area contributed by atoms with Crippen molar-refractivity contribution >= 4 is 23.2 Å². The van der Waals surface area contributed by atoms with E-state index in [0.717, 1.165) is 25.7 Å². The Hall–Kier alpha value is -1.26. The zero-order chi connectivity index (χ0) is 13.1. The minimum absolute atomic E-state index is 0.0940. The van der Waals surface area contributed by atoms with Crippen molar-refractivity contribution in [2.45, 2.75) is 37.8 Å². The van der Waals surface area contributed by atoms with Gasteiger partial charge in [-0.3, -0.25) is 4.79 Å². The van der Waals surface area contributed by atoms with Gasteiger partial charge in [-0.15, -0.1) is 0 Å². The number of nitrogens with one attached hydrogen (secondary N) is 1. The van der Waals surface area contributed by atoms with Crippen molar-refractivity contribution in [3.05, 3.63) is 28.8 Å². The maximum absolute atomic E-state index is 12.1. The van der Waals surface area contributed by atoms with Crippen LogP contribution >= 0.6 is 11.6 Å². The monoisotopic (exact) mass is 268 g/mol. The third kappa shape index (κ3) is 2.94. The molecule has 0 aromatic heterocycles. The summed E-state index contributed by atoms with van der Waals surface area (Å²) in [5.41, 5.74) is 6.49. The smallest absolute Gasteiger partial charge is 0.255 e. The number of hydrogen-bond donors (Lipinski definition) is 3. The van der Waals surface area contributed by atoms with Crippen molar-refractivity contribution in [3.8, 4) is 0 Å². The Morgan fingerprint density at radius 3 is 2.61 bits per heavy atom. The highest BCUT2D eigenvalue weighted by Crippen LogP contribution is 2.23. The largest absolute Gasteiger partial charge is 0.398 e. The first-order chi connectivity index (χ1) is 8.58. The number of halogens is 1. The summed E-state index contributed by atoms with van der Waals surface area (Å²) in [5.74, 6) is -0.237. The van der Waals surface area contributed by atoms with E-state index in [1.165, 1.54) is 0 Å². The number of aliphatic hydroxyl groups is 1. The van der Waals surface area contributed by atoms with E-state index in [1.54, 1.807) is 18.2 Å². The van der Waals surface area contributed by atoms with E-state index in [9.17, 15) is 9.90 Å². The van der Waals surface area contributed by atoms with Crippen LogP contribution in [0.15, 0.2) is 18.2 Å². The average Bonchev–Trinajstić information content (AvgIpc) is 2.32. The van der Waals surface area contributed by atoms with Gasteiger partial charge in [-0.2, -0.15) is 0 Å². The predicted molar refractivity (Wildman–Crippen MR) is 71.6 cm³/mol. The van der Waals surface area contributed by atoms with Crippen molar-refractivity contribution < 1.29 is 9.90 Å². The van der Waals surface area contributed by atoms with E-state index in [2.05, 4.69) is 5.32 Å². The number of hydrogen-bond acceptors (Lipinski definition) is 3. The molecular weight excluding hydrogens is 252 g/mol. The van der Waals surface area contributed by atoms with Gasteiger partial charge in [0, 0.05) is 11.7 Å². The van der Waals surface area contributed by atoms with Crippen molar-refractivity contribution in [1.29, 1.82) is 0 Å². The van der Waals surface area contributed by atoms with E-state index in [0.29, 0.717) is 16.3 Å². The van der Waals surface area contributed by atoms with Gasteiger partial charge < -0.3 is 16.2 Å². The molecule has 1 amide bonds. The van der Waals surface area contributed by atoms with Crippen molar-refractivity contribution in [2.75, 3.05) is 5.73 Å². The normalized spacial score (nSPS) is 23.7. The first-order valence-corrected chi connectivity index (χ1v) is 6.48. The number of aliphatic hydroxyl groups excluding tert-OH is 1. The fourth-order valence-corrected chi connectivity index (χ4v) is 2.53. The summed E-state index contributed by atoms with van der Waals surface area (Å²) >= 11 is 5.98. The topological polar surface area (TPSA) is 75.4 Å². The molecule has 4 nitrogen and oxygen atoms in total. The van der Waals surface area contributed by atoms with E-state index in [1.807, 2.05) is 0 Å². The Kier molecular flexibility index (Phi) is 4.09. The van der Waals surface area contributed by atoms with Crippen molar-refractivity contribution in [3.63, 3.8) is 0 Å². The second kappa shape index (κ2) is 5.59. The number of anilines is 1. The molecule has 4 N–H and O–H groups in total. The van der Waals surface area contributed by atoms with Gasteiger partial charge in [0.15, 0.2) is 0 Å². The second-order valence-corrected chi connectivity index (χ2v) is 5.09. The minimum Gasteiger partial charge on any atom is -0.398 e. The first kappa shape index (κ1) is 13.2. The molecule has 0 radical (unpaired) electrons. The molecular formula is C13H17ClN2O2. The Bertz CT molecular complexity index is 422. The molecule has 98 valence electrons. The summed E-state index contributed by atoms with van der Waals surface area (Å²) in [6, 6.07) is 5.12. The number of carbonyl (C=O) groups excluding carboxylic acids is 1. The highest BCUT2D eigenvalue weighted by atomic mass is 35.5. The molecule has 0 saturated heterocycles. The van der Waals surface area contributed by atoms with Gasteiger partial charge in [0.25, 0.3) is 5.91 Å². The summed E-state index contributed by atoms with van der Waals surface area (Å²) in [7, 11) is 0. The Balaban J connectivity index is 2.04.